The van der Waals surface area contributed by atoms with Gasteiger partial charge in [0.1, 0.15) is 18.1 Å². The van der Waals surface area contributed by atoms with E-state index in [0.717, 1.165) is 12.8 Å². The molecule has 0 bridgehead atoms. The summed E-state index contributed by atoms with van der Waals surface area (Å²) in [6.45, 7) is 4.09. The molecule has 3 N–H and O–H groups in total. The van der Waals surface area contributed by atoms with Crippen molar-refractivity contribution in [3.05, 3.63) is 6.33 Å². The summed E-state index contributed by atoms with van der Waals surface area (Å²) in [4.78, 5) is 8.29. The number of nitrogen functional groups attached to an aromatic ring is 1. The topological polar surface area (TPSA) is 73.1 Å². The largest absolute Gasteiger partial charge is 0.473 e. The van der Waals surface area contributed by atoms with Crippen LogP contribution in [0.3, 0.4) is 0 Å². The van der Waals surface area contributed by atoms with Crippen LogP contribution in [0.5, 0.6) is 5.88 Å². The van der Waals surface area contributed by atoms with Gasteiger partial charge < -0.3 is 15.8 Å². The maximum absolute atomic E-state index is 6.04. The maximum atomic E-state index is 6.04. The molecule has 0 saturated heterocycles. The molecule has 0 amide bonds. The van der Waals surface area contributed by atoms with Gasteiger partial charge in [0.2, 0.25) is 5.88 Å². The molecule has 1 aromatic heterocycles. The van der Waals surface area contributed by atoms with Crippen molar-refractivity contribution >= 4 is 11.5 Å². The minimum absolute atomic E-state index is 0.253. The summed E-state index contributed by atoms with van der Waals surface area (Å²) in [6, 6.07) is 0.282. The van der Waals surface area contributed by atoms with Gasteiger partial charge in [0.15, 0.2) is 5.82 Å². The van der Waals surface area contributed by atoms with E-state index < -0.39 is 0 Å². The number of anilines is 2. The predicted molar refractivity (Wildman–Crippen MR) is 72.7 cm³/mol. The van der Waals surface area contributed by atoms with Crippen LogP contribution in [-0.2, 0) is 0 Å². The average molecular weight is 250 g/mol. The van der Waals surface area contributed by atoms with Gasteiger partial charge in [-0.2, -0.15) is 4.98 Å². The van der Waals surface area contributed by atoms with E-state index in [0.29, 0.717) is 17.4 Å². The van der Waals surface area contributed by atoms with Crippen LogP contribution in [-0.4, -0.2) is 22.1 Å². The van der Waals surface area contributed by atoms with Crippen molar-refractivity contribution in [1.29, 1.82) is 0 Å². The van der Waals surface area contributed by atoms with Crippen LogP contribution in [0.25, 0.3) is 0 Å². The van der Waals surface area contributed by atoms with E-state index in [1.165, 1.54) is 25.6 Å². The van der Waals surface area contributed by atoms with Crippen LogP contribution in [0.1, 0.15) is 46.0 Å². The molecule has 1 aliphatic carbocycles. The lowest BCUT2D eigenvalue weighted by Gasteiger charge is -2.23. The van der Waals surface area contributed by atoms with E-state index in [1.807, 2.05) is 13.8 Å². The third-order valence-corrected chi connectivity index (χ3v) is 3.10. The van der Waals surface area contributed by atoms with E-state index >= 15 is 0 Å². The van der Waals surface area contributed by atoms with Crippen molar-refractivity contribution in [2.24, 2.45) is 0 Å². The number of nitrogens with zero attached hydrogens (tertiary/aromatic N) is 2. The van der Waals surface area contributed by atoms with E-state index in [9.17, 15) is 0 Å². The van der Waals surface area contributed by atoms with Crippen LogP contribution in [0.15, 0.2) is 6.33 Å². The van der Waals surface area contributed by atoms with Crippen LogP contribution in [0, 0.1) is 0 Å². The molecule has 18 heavy (non-hydrogen) atoms. The van der Waals surface area contributed by atoms with Crippen molar-refractivity contribution in [2.75, 3.05) is 11.1 Å². The molecular weight excluding hydrogens is 228 g/mol. The van der Waals surface area contributed by atoms with E-state index in [2.05, 4.69) is 15.3 Å². The summed E-state index contributed by atoms with van der Waals surface area (Å²) in [7, 11) is 0. The molecule has 2 rings (SSSR count). The highest BCUT2D eigenvalue weighted by Gasteiger charge is 2.18. The number of aromatic nitrogens is 2. The first-order valence-electron chi connectivity index (χ1n) is 6.70. The smallest absolute Gasteiger partial charge is 0.242 e. The Morgan fingerprint density at radius 3 is 2.67 bits per heavy atom. The fourth-order valence-corrected chi connectivity index (χ4v) is 2.20. The number of hydrogen-bond donors (Lipinski definition) is 2. The Morgan fingerprint density at radius 2 is 2.00 bits per heavy atom. The zero-order valence-electron chi connectivity index (χ0n) is 11.1. The Hall–Kier alpha value is -1.52. The minimum Gasteiger partial charge on any atom is -0.473 e. The third-order valence-electron chi connectivity index (χ3n) is 3.10. The molecule has 0 radical (unpaired) electrons. The summed E-state index contributed by atoms with van der Waals surface area (Å²) in [6.07, 6.45) is 7.70. The van der Waals surface area contributed by atoms with E-state index in [-0.39, 0.29) is 12.1 Å². The highest BCUT2D eigenvalue weighted by atomic mass is 16.5. The van der Waals surface area contributed by atoms with Crippen molar-refractivity contribution < 1.29 is 4.74 Å². The standard InChI is InChI=1S/C13H22N4O/c1-9(2)17-12-11(14)13(16-8-15-12)18-10-6-4-3-5-7-10/h8-10H,3-7,14H2,1-2H3,(H,15,16,17). The zero-order chi connectivity index (χ0) is 13.0. The zero-order valence-corrected chi connectivity index (χ0v) is 11.1. The second kappa shape index (κ2) is 5.89. The van der Waals surface area contributed by atoms with Gasteiger partial charge in [-0.1, -0.05) is 6.42 Å². The molecule has 0 unspecified atom stereocenters. The number of nitrogens with two attached hydrogens (primary N) is 1. The third kappa shape index (κ3) is 3.24. The number of nitrogens with one attached hydrogen (secondary N) is 1. The fraction of sp³-hybridized carbons (Fsp3) is 0.692. The Balaban J connectivity index is 2.07. The number of hydrogen-bond acceptors (Lipinski definition) is 5. The van der Waals surface area contributed by atoms with E-state index in [1.54, 1.807) is 0 Å². The Kier molecular flexibility index (Phi) is 4.23. The molecule has 1 fully saturated rings. The lowest BCUT2D eigenvalue weighted by Crippen LogP contribution is -2.21. The molecular formula is C13H22N4O. The number of ether oxygens (including phenoxy) is 1. The van der Waals surface area contributed by atoms with Gasteiger partial charge in [-0.3, -0.25) is 0 Å². The first kappa shape index (κ1) is 12.9. The first-order chi connectivity index (χ1) is 8.66. The van der Waals surface area contributed by atoms with Gasteiger partial charge in [-0.15, -0.1) is 0 Å². The lowest BCUT2D eigenvalue weighted by molar-refractivity contribution is 0.149. The summed E-state index contributed by atoms with van der Waals surface area (Å²) < 4.78 is 5.89. The first-order valence-corrected chi connectivity index (χ1v) is 6.70. The quantitative estimate of drug-likeness (QED) is 0.859. The molecule has 0 aliphatic heterocycles. The van der Waals surface area contributed by atoms with Crippen molar-refractivity contribution in [3.63, 3.8) is 0 Å². The molecule has 1 aliphatic rings. The van der Waals surface area contributed by atoms with Crippen molar-refractivity contribution in [3.8, 4) is 5.88 Å². The van der Waals surface area contributed by atoms with E-state index in [4.69, 9.17) is 10.5 Å². The molecule has 0 aromatic carbocycles. The lowest BCUT2D eigenvalue weighted by atomic mass is 9.98. The Bertz CT molecular complexity index is 389. The van der Waals surface area contributed by atoms with Crippen molar-refractivity contribution in [2.45, 2.75) is 58.1 Å². The molecule has 5 nitrogen and oxygen atoms in total. The fourth-order valence-electron chi connectivity index (χ4n) is 2.20. The van der Waals surface area contributed by atoms with Gasteiger partial charge in [-0.25, -0.2) is 4.98 Å². The second-order valence-electron chi connectivity index (χ2n) is 5.12. The average Bonchev–Trinajstić information content (AvgIpc) is 2.35. The summed E-state index contributed by atoms with van der Waals surface area (Å²) >= 11 is 0. The normalized spacial score (nSPS) is 16.8. The van der Waals surface area contributed by atoms with Gasteiger partial charge in [0.25, 0.3) is 0 Å². The van der Waals surface area contributed by atoms with Crippen LogP contribution in [0.4, 0.5) is 11.5 Å². The summed E-state index contributed by atoms with van der Waals surface area (Å²) in [5.74, 6) is 1.17. The predicted octanol–water partition coefficient (Wildman–Crippen LogP) is 2.59. The van der Waals surface area contributed by atoms with Gasteiger partial charge >= 0.3 is 0 Å². The molecule has 1 heterocycles. The molecule has 100 valence electrons. The Morgan fingerprint density at radius 1 is 1.28 bits per heavy atom. The SMILES string of the molecule is CC(C)Nc1ncnc(OC2CCCCC2)c1N. The molecule has 5 heteroatoms. The summed E-state index contributed by atoms with van der Waals surface area (Å²) in [5.41, 5.74) is 6.55. The monoisotopic (exact) mass is 250 g/mol. The van der Waals surface area contributed by atoms with Crippen LogP contribution < -0.4 is 15.8 Å². The summed E-state index contributed by atoms with van der Waals surface area (Å²) in [5, 5.41) is 3.19. The Labute approximate surface area is 108 Å². The highest BCUT2D eigenvalue weighted by molar-refractivity contribution is 5.66. The van der Waals surface area contributed by atoms with Crippen molar-refractivity contribution in [1.82, 2.24) is 9.97 Å². The van der Waals surface area contributed by atoms with Crippen LogP contribution in [0.2, 0.25) is 0 Å². The van der Waals surface area contributed by atoms with Gasteiger partial charge in [0, 0.05) is 6.04 Å². The molecule has 1 saturated carbocycles. The van der Waals surface area contributed by atoms with Crippen LogP contribution >= 0.6 is 0 Å². The van der Waals surface area contributed by atoms with Gasteiger partial charge in [0.05, 0.1) is 0 Å². The van der Waals surface area contributed by atoms with Gasteiger partial charge in [-0.05, 0) is 39.5 Å². The minimum atomic E-state index is 0.253. The highest BCUT2D eigenvalue weighted by Crippen LogP contribution is 2.29. The molecule has 1 aromatic rings. The second-order valence-corrected chi connectivity index (χ2v) is 5.12. The molecule has 0 spiro atoms. The molecule has 0 atom stereocenters. The number of rotatable bonds is 4. The maximum Gasteiger partial charge on any atom is 0.242 e.